The van der Waals surface area contributed by atoms with Gasteiger partial charge in [0.2, 0.25) is 0 Å². The highest BCUT2D eigenvalue weighted by Gasteiger charge is 2.53. The zero-order valence-corrected chi connectivity index (χ0v) is 16.7. The molecule has 0 saturated heterocycles. The lowest BCUT2D eigenvalue weighted by atomic mass is 10.1. The molecule has 0 heterocycles. The van der Waals surface area contributed by atoms with E-state index in [4.69, 9.17) is 3.74 Å². The highest BCUT2D eigenvalue weighted by Crippen LogP contribution is 2.69. The van der Waals surface area contributed by atoms with Gasteiger partial charge in [-0.1, -0.05) is 70.1 Å². The molecule has 0 spiro atoms. The number of unbranched alkanes of at least 4 members (excludes halogenated alkanes) is 7. The summed E-state index contributed by atoms with van der Waals surface area (Å²) < 4.78 is 39.5. The van der Waals surface area contributed by atoms with E-state index >= 15 is 0 Å². The Hall–Kier alpha value is -0.300. The third-order valence-electron chi connectivity index (χ3n) is 4.70. The molecule has 1 unspecified atom stereocenters. The molecule has 25 heavy (non-hydrogen) atoms. The summed E-state index contributed by atoms with van der Waals surface area (Å²) in [5.74, 6) is 0.672. The van der Waals surface area contributed by atoms with Gasteiger partial charge in [-0.3, -0.25) is 0 Å². The third kappa shape index (κ3) is 7.08. The van der Waals surface area contributed by atoms with Crippen LogP contribution in [0.15, 0.2) is 35.2 Å². The summed E-state index contributed by atoms with van der Waals surface area (Å²) in [6.45, 7) is 2.22. The van der Waals surface area contributed by atoms with Crippen LogP contribution in [0.25, 0.3) is 0 Å². The van der Waals surface area contributed by atoms with Gasteiger partial charge in [-0.2, -0.15) is 14.0 Å². The van der Waals surface area contributed by atoms with Crippen molar-refractivity contribution in [2.24, 2.45) is 0 Å². The fourth-order valence-electron chi connectivity index (χ4n) is 3.28. The lowest BCUT2D eigenvalue weighted by Crippen LogP contribution is -2.61. The second-order valence-corrected chi connectivity index (χ2v) is 11.1. The highest BCUT2D eigenvalue weighted by molar-refractivity contribution is 8.30. The Labute approximate surface area is 155 Å². The van der Waals surface area contributed by atoms with E-state index in [2.05, 4.69) is 6.92 Å². The lowest BCUT2D eigenvalue weighted by Gasteiger charge is -2.34. The van der Waals surface area contributed by atoms with Crippen LogP contribution in [0.3, 0.4) is 0 Å². The van der Waals surface area contributed by atoms with E-state index in [-0.39, 0.29) is 5.25 Å². The van der Waals surface area contributed by atoms with Crippen molar-refractivity contribution in [1.29, 1.82) is 0 Å². The SMILES string of the molecule is CCCCCCCCCCS(O[Cl+3]([O-])([O-])[O-])(c1ccccc1)C1CC1. The maximum Gasteiger partial charge on any atom is 0.126 e. The van der Waals surface area contributed by atoms with Crippen LogP contribution in [0.4, 0.5) is 0 Å². The molecule has 2 rings (SSSR count). The molecule has 1 fully saturated rings. The average molecular weight is 391 g/mol. The smallest absolute Gasteiger partial charge is 0.126 e. The van der Waals surface area contributed by atoms with Crippen LogP contribution in [-0.4, -0.2) is 11.0 Å². The molecule has 1 aromatic rings. The molecule has 1 aliphatic rings. The Kier molecular flexibility index (Phi) is 8.52. The molecule has 4 nitrogen and oxygen atoms in total. The van der Waals surface area contributed by atoms with Crippen LogP contribution in [0.1, 0.15) is 71.1 Å². The van der Waals surface area contributed by atoms with Gasteiger partial charge in [0, 0.05) is 26.2 Å². The van der Waals surface area contributed by atoms with Crippen molar-refractivity contribution < 1.29 is 28.0 Å². The van der Waals surface area contributed by atoms with Crippen LogP contribution in [0.5, 0.6) is 0 Å². The van der Waals surface area contributed by atoms with Gasteiger partial charge in [-0.05, 0) is 31.4 Å². The Morgan fingerprint density at radius 2 is 1.48 bits per heavy atom. The first-order valence-corrected chi connectivity index (χ1v) is 12.5. The van der Waals surface area contributed by atoms with E-state index < -0.39 is 20.6 Å². The molecule has 0 amide bonds. The van der Waals surface area contributed by atoms with Gasteiger partial charge < -0.3 is 0 Å². The molecule has 1 atom stereocenters. The van der Waals surface area contributed by atoms with E-state index in [1.165, 1.54) is 38.5 Å². The first-order chi connectivity index (χ1) is 12.0. The van der Waals surface area contributed by atoms with Crippen LogP contribution in [0, 0.1) is 10.2 Å². The number of hydrogen-bond acceptors (Lipinski definition) is 4. The summed E-state index contributed by atoms with van der Waals surface area (Å²) in [5.41, 5.74) is 0. The van der Waals surface area contributed by atoms with E-state index in [1.54, 1.807) is 0 Å². The fourth-order valence-corrected chi connectivity index (χ4v) is 8.44. The summed E-state index contributed by atoms with van der Waals surface area (Å²) in [7, 11) is -6.46. The molecule has 1 aliphatic carbocycles. The van der Waals surface area contributed by atoms with E-state index in [9.17, 15) is 14.0 Å². The fraction of sp³-hybridized carbons (Fsp3) is 0.684. The summed E-state index contributed by atoms with van der Waals surface area (Å²) in [6.07, 6.45) is 11.4. The van der Waals surface area contributed by atoms with Crippen LogP contribution >= 0.6 is 10.3 Å². The van der Waals surface area contributed by atoms with Crippen molar-refractivity contribution >= 4 is 10.3 Å². The summed E-state index contributed by atoms with van der Waals surface area (Å²) in [6, 6.07) is 9.52. The first-order valence-electron chi connectivity index (χ1n) is 9.45. The number of hydrogen-bond donors (Lipinski definition) is 0. The Morgan fingerprint density at radius 1 is 0.920 bits per heavy atom. The maximum atomic E-state index is 11.4. The zero-order valence-electron chi connectivity index (χ0n) is 15.2. The average Bonchev–Trinajstić information content (AvgIpc) is 3.41. The quantitative estimate of drug-likeness (QED) is 0.485. The van der Waals surface area contributed by atoms with Crippen molar-refractivity contribution in [3.05, 3.63) is 30.3 Å². The molecule has 6 heteroatoms. The van der Waals surface area contributed by atoms with Crippen LogP contribution in [0.2, 0.25) is 0 Å². The van der Waals surface area contributed by atoms with Gasteiger partial charge in [0.05, 0.1) is 10.2 Å². The molecule has 0 N–H and O–H groups in total. The molecule has 1 aromatic carbocycles. The van der Waals surface area contributed by atoms with Gasteiger partial charge in [-0.25, -0.2) is 0 Å². The Balaban J connectivity index is 1.93. The molecule has 0 aromatic heterocycles. The standard InChI is InChI=1S/C19H31ClO4S/c1-2-3-4-5-6-7-8-12-17-25(19-15-16-19,24-20(21,22)23)18-13-10-9-11-14-18/h9-11,13-14,19H,2-8,12,15-17H2,1H3. The van der Waals surface area contributed by atoms with E-state index in [1.807, 2.05) is 30.3 Å². The molecule has 1 saturated carbocycles. The van der Waals surface area contributed by atoms with Crippen molar-refractivity contribution in [1.82, 2.24) is 0 Å². The summed E-state index contributed by atoms with van der Waals surface area (Å²) >= 11 is 0. The predicted molar refractivity (Wildman–Crippen MR) is 93.9 cm³/mol. The van der Waals surface area contributed by atoms with E-state index in [0.29, 0.717) is 5.75 Å². The second-order valence-electron chi connectivity index (χ2n) is 6.86. The maximum absolute atomic E-state index is 11.4. The van der Waals surface area contributed by atoms with Gasteiger partial charge in [0.1, 0.15) is 3.74 Å². The van der Waals surface area contributed by atoms with Crippen molar-refractivity contribution in [3.8, 4) is 0 Å². The number of benzene rings is 1. The Bertz CT molecular complexity index is 490. The van der Waals surface area contributed by atoms with Crippen molar-refractivity contribution in [3.63, 3.8) is 0 Å². The largest absolute Gasteiger partial charge is 0.182 e. The number of halogens is 1. The number of rotatable bonds is 13. The summed E-state index contributed by atoms with van der Waals surface area (Å²) in [5, 5.41) is 0.204. The van der Waals surface area contributed by atoms with Crippen LogP contribution < -0.4 is 14.0 Å². The van der Waals surface area contributed by atoms with Crippen LogP contribution in [-0.2, 0) is 3.74 Å². The molecular weight excluding hydrogens is 360 g/mol. The molecule has 144 valence electrons. The van der Waals surface area contributed by atoms with Gasteiger partial charge in [0.25, 0.3) is 0 Å². The molecule has 0 aliphatic heterocycles. The van der Waals surface area contributed by atoms with Crippen molar-refractivity contribution in [2.75, 3.05) is 5.75 Å². The minimum Gasteiger partial charge on any atom is -0.182 e. The van der Waals surface area contributed by atoms with Gasteiger partial charge in [0.15, 0.2) is 0 Å². The van der Waals surface area contributed by atoms with Gasteiger partial charge in [-0.15, -0.1) is 0 Å². The first kappa shape index (κ1) is 21.0. The highest BCUT2D eigenvalue weighted by atomic mass is 35.7. The van der Waals surface area contributed by atoms with Crippen molar-refractivity contribution in [2.45, 2.75) is 81.3 Å². The molecular formula is C19H31ClO4S. The van der Waals surface area contributed by atoms with Gasteiger partial charge >= 0.3 is 0 Å². The topological polar surface area (TPSA) is 78.4 Å². The predicted octanol–water partition coefficient (Wildman–Crippen LogP) is 2.98. The monoisotopic (exact) mass is 390 g/mol. The minimum absolute atomic E-state index is 0.204. The lowest BCUT2D eigenvalue weighted by molar-refractivity contribution is -1.91. The second kappa shape index (κ2) is 10.1. The molecule has 0 radical (unpaired) electrons. The third-order valence-corrected chi connectivity index (χ3v) is 9.73. The van der Waals surface area contributed by atoms with E-state index in [0.717, 1.165) is 30.6 Å². The molecule has 0 bridgehead atoms. The summed E-state index contributed by atoms with van der Waals surface area (Å²) in [4.78, 5) is 0.896. The normalized spacial score (nSPS) is 18.7. The Morgan fingerprint density at radius 3 is 2.00 bits per heavy atom. The zero-order chi connectivity index (χ0) is 18.2. The minimum atomic E-state index is -4.41.